The Morgan fingerprint density at radius 2 is 1.50 bits per heavy atom. The molecule has 4 heteroatoms. The first-order valence-electron chi connectivity index (χ1n) is 5.21. The van der Waals surface area contributed by atoms with Crippen LogP contribution >= 0.6 is 12.4 Å². The summed E-state index contributed by atoms with van der Waals surface area (Å²) in [5, 5.41) is 0. The molecular formula is C10H24ClNO2. The second kappa shape index (κ2) is 8.48. The molecule has 0 aliphatic heterocycles. The third kappa shape index (κ3) is 4.60. The molecule has 0 heterocycles. The van der Waals surface area contributed by atoms with E-state index in [2.05, 4.69) is 20.8 Å². The Bertz CT molecular complexity index is 117. The molecule has 0 bridgehead atoms. The van der Waals surface area contributed by atoms with Gasteiger partial charge in [0.05, 0.1) is 5.60 Å². The molecule has 0 spiro atoms. The van der Waals surface area contributed by atoms with Gasteiger partial charge in [-0.25, -0.2) is 5.90 Å². The highest BCUT2D eigenvalue weighted by Crippen LogP contribution is 2.26. The van der Waals surface area contributed by atoms with Gasteiger partial charge in [0.15, 0.2) is 6.29 Å². The minimum atomic E-state index is -0.264. The maximum absolute atomic E-state index is 5.84. The molecule has 1 unspecified atom stereocenters. The maximum atomic E-state index is 5.84. The van der Waals surface area contributed by atoms with E-state index in [1.54, 1.807) is 0 Å². The van der Waals surface area contributed by atoms with E-state index in [4.69, 9.17) is 15.5 Å². The number of halogens is 1. The number of ether oxygens (including phenoxy) is 1. The molecule has 0 fully saturated rings. The zero-order valence-corrected chi connectivity index (χ0v) is 10.5. The lowest BCUT2D eigenvalue weighted by atomic mass is 9.94. The van der Waals surface area contributed by atoms with Gasteiger partial charge in [0, 0.05) is 0 Å². The Morgan fingerprint density at radius 3 is 1.71 bits per heavy atom. The molecule has 0 amide bonds. The second-order valence-corrected chi connectivity index (χ2v) is 3.34. The highest BCUT2D eigenvalue weighted by molar-refractivity contribution is 5.85. The van der Waals surface area contributed by atoms with Crippen LogP contribution in [0.15, 0.2) is 0 Å². The second-order valence-electron chi connectivity index (χ2n) is 3.34. The van der Waals surface area contributed by atoms with Crippen LogP contribution in [-0.2, 0) is 9.57 Å². The minimum Gasteiger partial charge on any atom is -0.344 e. The van der Waals surface area contributed by atoms with Crippen molar-refractivity contribution in [1.29, 1.82) is 0 Å². The van der Waals surface area contributed by atoms with E-state index >= 15 is 0 Å². The molecule has 0 aliphatic carbocycles. The van der Waals surface area contributed by atoms with Gasteiger partial charge < -0.3 is 4.74 Å². The Hall–Kier alpha value is 0.170. The van der Waals surface area contributed by atoms with Crippen LogP contribution in [0, 0.1) is 0 Å². The van der Waals surface area contributed by atoms with E-state index in [9.17, 15) is 0 Å². The standard InChI is InChI=1S/C10H23NO2.ClH/c1-5-9(13-11)12-10(6-2,7-3)8-4;/h9H,5-8,11H2,1-4H3;1H. The van der Waals surface area contributed by atoms with E-state index in [1.807, 2.05) is 6.92 Å². The highest BCUT2D eigenvalue weighted by Gasteiger charge is 2.28. The Morgan fingerprint density at radius 1 is 1.07 bits per heavy atom. The van der Waals surface area contributed by atoms with Gasteiger partial charge in [-0.15, -0.1) is 12.4 Å². The van der Waals surface area contributed by atoms with Crippen molar-refractivity contribution in [1.82, 2.24) is 0 Å². The van der Waals surface area contributed by atoms with Gasteiger partial charge in [-0.1, -0.05) is 27.7 Å². The van der Waals surface area contributed by atoms with Crippen molar-refractivity contribution in [2.45, 2.75) is 65.3 Å². The predicted molar refractivity (Wildman–Crippen MR) is 61.3 cm³/mol. The highest BCUT2D eigenvalue weighted by atomic mass is 35.5. The molecule has 0 aliphatic rings. The van der Waals surface area contributed by atoms with Gasteiger partial charge >= 0.3 is 0 Å². The van der Waals surface area contributed by atoms with E-state index in [1.165, 1.54) is 0 Å². The van der Waals surface area contributed by atoms with E-state index < -0.39 is 0 Å². The molecule has 0 saturated carbocycles. The van der Waals surface area contributed by atoms with Crippen molar-refractivity contribution in [3.8, 4) is 0 Å². The summed E-state index contributed by atoms with van der Waals surface area (Å²) in [6.07, 6.45) is 3.53. The van der Waals surface area contributed by atoms with E-state index in [-0.39, 0.29) is 24.3 Å². The van der Waals surface area contributed by atoms with Crippen LogP contribution in [-0.4, -0.2) is 11.9 Å². The van der Waals surface area contributed by atoms with Crippen molar-refractivity contribution < 1.29 is 9.57 Å². The van der Waals surface area contributed by atoms with Crippen LogP contribution in [0.2, 0.25) is 0 Å². The number of hydrogen-bond acceptors (Lipinski definition) is 3. The molecule has 88 valence electrons. The molecule has 0 aromatic rings. The SMILES string of the molecule is CCC(ON)OC(CC)(CC)CC.Cl. The zero-order valence-electron chi connectivity index (χ0n) is 9.71. The summed E-state index contributed by atoms with van der Waals surface area (Å²) in [6.45, 7) is 8.41. The molecule has 1 atom stereocenters. The van der Waals surface area contributed by atoms with Crippen LogP contribution in [0.3, 0.4) is 0 Å². The number of hydrogen-bond donors (Lipinski definition) is 1. The number of nitrogens with two attached hydrogens (primary N) is 1. The first-order valence-corrected chi connectivity index (χ1v) is 5.21. The minimum absolute atomic E-state index is 0. The normalized spacial score (nSPS) is 13.5. The monoisotopic (exact) mass is 225 g/mol. The van der Waals surface area contributed by atoms with Gasteiger partial charge in [-0.3, -0.25) is 4.84 Å². The van der Waals surface area contributed by atoms with Crippen LogP contribution in [0.4, 0.5) is 0 Å². The summed E-state index contributed by atoms with van der Waals surface area (Å²) < 4.78 is 5.84. The van der Waals surface area contributed by atoms with E-state index in [0.29, 0.717) is 0 Å². The molecule has 0 radical (unpaired) electrons. The van der Waals surface area contributed by atoms with Gasteiger partial charge in [-0.2, -0.15) is 0 Å². The van der Waals surface area contributed by atoms with Crippen LogP contribution in [0.1, 0.15) is 53.4 Å². The summed E-state index contributed by atoms with van der Waals surface area (Å²) in [7, 11) is 0. The molecule has 0 rings (SSSR count). The topological polar surface area (TPSA) is 44.5 Å². The zero-order chi connectivity index (χ0) is 10.3. The summed E-state index contributed by atoms with van der Waals surface area (Å²) in [4.78, 5) is 4.74. The lowest BCUT2D eigenvalue weighted by Gasteiger charge is -2.33. The summed E-state index contributed by atoms with van der Waals surface area (Å²) >= 11 is 0. The van der Waals surface area contributed by atoms with Crippen LogP contribution in [0.5, 0.6) is 0 Å². The van der Waals surface area contributed by atoms with E-state index in [0.717, 1.165) is 25.7 Å². The fourth-order valence-corrected chi connectivity index (χ4v) is 1.49. The maximum Gasteiger partial charge on any atom is 0.177 e. The fraction of sp³-hybridized carbons (Fsp3) is 1.00. The predicted octanol–water partition coefficient (Wildman–Crippen LogP) is 3.02. The Balaban J connectivity index is 0. The molecular weight excluding hydrogens is 202 g/mol. The summed E-state index contributed by atoms with van der Waals surface area (Å²) in [5.74, 6) is 5.13. The quantitative estimate of drug-likeness (QED) is 0.535. The molecule has 0 aromatic heterocycles. The summed E-state index contributed by atoms with van der Waals surface area (Å²) in [6, 6.07) is 0. The van der Waals surface area contributed by atoms with Gasteiger partial charge in [0.2, 0.25) is 0 Å². The van der Waals surface area contributed by atoms with Crippen molar-refractivity contribution in [2.24, 2.45) is 5.90 Å². The first kappa shape index (κ1) is 16.6. The molecule has 2 N–H and O–H groups in total. The summed E-state index contributed by atoms with van der Waals surface area (Å²) in [5.41, 5.74) is -0.0555. The lowest BCUT2D eigenvalue weighted by molar-refractivity contribution is -0.218. The average Bonchev–Trinajstić information content (AvgIpc) is 2.21. The number of rotatable bonds is 7. The van der Waals surface area contributed by atoms with Crippen molar-refractivity contribution in [3.63, 3.8) is 0 Å². The van der Waals surface area contributed by atoms with Crippen LogP contribution in [0.25, 0.3) is 0 Å². The van der Waals surface area contributed by atoms with Gasteiger partial charge in [-0.05, 0) is 25.7 Å². The average molecular weight is 226 g/mol. The third-order valence-electron chi connectivity index (χ3n) is 2.80. The van der Waals surface area contributed by atoms with Crippen molar-refractivity contribution in [3.05, 3.63) is 0 Å². The molecule has 14 heavy (non-hydrogen) atoms. The molecule has 0 aromatic carbocycles. The lowest BCUT2D eigenvalue weighted by Crippen LogP contribution is -2.37. The third-order valence-corrected chi connectivity index (χ3v) is 2.80. The van der Waals surface area contributed by atoms with Crippen molar-refractivity contribution in [2.75, 3.05) is 0 Å². The smallest absolute Gasteiger partial charge is 0.177 e. The van der Waals surface area contributed by atoms with Gasteiger partial charge in [0.1, 0.15) is 0 Å². The van der Waals surface area contributed by atoms with Crippen LogP contribution < -0.4 is 5.90 Å². The van der Waals surface area contributed by atoms with Gasteiger partial charge in [0.25, 0.3) is 0 Å². The Labute approximate surface area is 93.7 Å². The Kier molecular flexibility index (Phi) is 10.0. The van der Waals surface area contributed by atoms with Crippen molar-refractivity contribution >= 4 is 12.4 Å². The largest absolute Gasteiger partial charge is 0.344 e. The molecule has 3 nitrogen and oxygen atoms in total. The fourth-order valence-electron chi connectivity index (χ4n) is 1.49. The molecule has 0 saturated heterocycles. The first-order chi connectivity index (χ1) is 6.17.